The molecule has 20 heavy (non-hydrogen) atoms. The number of carbonyl (C=O) groups excluding carboxylic acids is 2. The van der Waals surface area contributed by atoms with Gasteiger partial charge in [0.15, 0.2) is 0 Å². The predicted octanol–water partition coefficient (Wildman–Crippen LogP) is 5.02. The molecule has 2 amide bonds. The number of amides is 2. The molecule has 0 aliphatic carbocycles. The largest absolute Gasteiger partial charge is 0.277 e. The minimum atomic E-state index is -0.212. The van der Waals surface area contributed by atoms with Crippen LogP contribution in [0.2, 0.25) is 0 Å². The number of nitrogens with zero attached hydrogens (tertiary/aromatic N) is 1. The average Bonchev–Trinajstić information content (AvgIpc) is 2.80. The Hall–Kier alpha value is -1.64. The maximum Gasteiger partial charge on any atom is 0.261 e. The van der Waals surface area contributed by atoms with Gasteiger partial charge in [-0.05, 0) is 12.1 Å². The molecule has 3 nitrogen and oxygen atoms in total. The number of fused-ring (bicyclic) bond motifs is 1. The van der Waals surface area contributed by atoms with Gasteiger partial charge in [0.25, 0.3) is 11.8 Å². The highest BCUT2D eigenvalue weighted by atomic mass is 16.2. The molecule has 2 rings (SSSR count). The number of benzene rings is 1. The van der Waals surface area contributed by atoms with E-state index in [1.54, 1.807) is 24.3 Å². The first-order chi connectivity index (χ1) is 9.72. The first kappa shape index (κ1) is 23.5. The summed E-state index contributed by atoms with van der Waals surface area (Å²) in [6, 6.07) is 6.84. The van der Waals surface area contributed by atoms with Crippen LogP contribution >= 0.6 is 0 Å². The van der Waals surface area contributed by atoms with E-state index in [0.717, 1.165) is 4.90 Å². The van der Waals surface area contributed by atoms with Crippen molar-refractivity contribution in [3.8, 4) is 0 Å². The molecular weight excluding hydrogens is 250 g/mol. The third-order valence-electron chi connectivity index (χ3n) is 2.00. The second-order valence-corrected chi connectivity index (χ2v) is 2.71. The second-order valence-electron chi connectivity index (χ2n) is 2.71. The Morgan fingerprint density at radius 1 is 0.650 bits per heavy atom. The molecule has 0 unspecified atom stereocenters. The Morgan fingerprint density at radius 2 is 0.900 bits per heavy atom. The van der Waals surface area contributed by atoms with Gasteiger partial charge in [-0.1, -0.05) is 67.5 Å². The van der Waals surface area contributed by atoms with Gasteiger partial charge < -0.3 is 0 Å². The number of hydrogen-bond acceptors (Lipinski definition) is 2. The standard InChI is InChI=1S/C9H7NO2.4C2H6/c1-10-8(11)6-4-2-3-5-7(6)9(10)12;4*1-2/h2-5H,1H3;4*1-2H3. The molecule has 0 fully saturated rings. The van der Waals surface area contributed by atoms with E-state index in [1.165, 1.54) is 7.05 Å². The van der Waals surface area contributed by atoms with Crippen LogP contribution in [0.25, 0.3) is 0 Å². The van der Waals surface area contributed by atoms with E-state index >= 15 is 0 Å². The lowest BCUT2D eigenvalue weighted by Crippen LogP contribution is -2.24. The lowest BCUT2D eigenvalue weighted by atomic mass is 10.1. The van der Waals surface area contributed by atoms with Crippen molar-refractivity contribution in [2.24, 2.45) is 0 Å². The van der Waals surface area contributed by atoms with E-state index in [1.807, 2.05) is 55.4 Å². The molecule has 0 radical (unpaired) electrons. The number of carbonyl (C=O) groups is 2. The summed E-state index contributed by atoms with van der Waals surface area (Å²) >= 11 is 0. The molecular formula is C17H31NO2. The highest BCUT2D eigenvalue weighted by Gasteiger charge is 2.31. The third kappa shape index (κ3) is 6.00. The monoisotopic (exact) mass is 281 g/mol. The zero-order valence-corrected chi connectivity index (χ0v) is 14.6. The van der Waals surface area contributed by atoms with E-state index in [4.69, 9.17) is 0 Å². The van der Waals surface area contributed by atoms with Gasteiger partial charge in [-0.2, -0.15) is 0 Å². The fourth-order valence-corrected chi connectivity index (χ4v) is 1.31. The summed E-state index contributed by atoms with van der Waals surface area (Å²) in [7, 11) is 1.49. The summed E-state index contributed by atoms with van der Waals surface area (Å²) in [5.74, 6) is -0.425. The lowest BCUT2D eigenvalue weighted by Gasteiger charge is -2.02. The van der Waals surface area contributed by atoms with Gasteiger partial charge in [0, 0.05) is 7.05 Å². The first-order valence-corrected chi connectivity index (χ1v) is 7.63. The minimum Gasteiger partial charge on any atom is -0.277 e. The highest BCUT2D eigenvalue weighted by Crippen LogP contribution is 2.20. The molecule has 0 atom stereocenters. The molecule has 116 valence electrons. The van der Waals surface area contributed by atoms with Gasteiger partial charge in [0.05, 0.1) is 11.1 Å². The third-order valence-corrected chi connectivity index (χ3v) is 2.00. The molecule has 1 heterocycles. The Morgan fingerprint density at radius 3 is 1.15 bits per heavy atom. The first-order valence-electron chi connectivity index (χ1n) is 7.63. The summed E-state index contributed by atoms with van der Waals surface area (Å²) < 4.78 is 0. The molecule has 0 N–H and O–H groups in total. The highest BCUT2D eigenvalue weighted by molar-refractivity contribution is 6.21. The van der Waals surface area contributed by atoms with Crippen LogP contribution in [0, 0.1) is 0 Å². The summed E-state index contributed by atoms with van der Waals surface area (Å²) in [4.78, 5) is 23.8. The summed E-state index contributed by atoms with van der Waals surface area (Å²) in [5, 5.41) is 0. The Labute approximate surface area is 125 Å². The maximum atomic E-state index is 11.3. The second kappa shape index (κ2) is 15.4. The zero-order chi connectivity index (χ0) is 16.7. The SMILES string of the molecule is CC.CC.CC.CC.CN1C(=O)c2ccccc2C1=O. The van der Waals surface area contributed by atoms with E-state index in [2.05, 4.69) is 0 Å². The van der Waals surface area contributed by atoms with E-state index < -0.39 is 0 Å². The van der Waals surface area contributed by atoms with Gasteiger partial charge in [0.1, 0.15) is 0 Å². The molecule has 0 saturated heterocycles. The van der Waals surface area contributed by atoms with E-state index in [-0.39, 0.29) is 11.8 Å². The van der Waals surface area contributed by atoms with Crippen molar-refractivity contribution in [3.63, 3.8) is 0 Å². The van der Waals surface area contributed by atoms with Crippen LogP contribution in [0.4, 0.5) is 0 Å². The normalized spacial score (nSPS) is 10.3. The summed E-state index contributed by atoms with van der Waals surface area (Å²) in [6.07, 6.45) is 0. The Kier molecular flexibility index (Phi) is 18.1. The molecule has 0 aromatic heterocycles. The van der Waals surface area contributed by atoms with Gasteiger partial charge in [-0.25, -0.2) is 0 Å². The van der Waals surface area contributed by atoms with Crippen molar-refractivity contribution in [1.29, 1.82) is 0 Å². The van der Waals surface area contributed by atoms with Crippen LogP contribution in [-0.2, 0) is 0 Å². The zero-order valence-electron chi connectivity index (χ0n) is 14.6. The van der Waals surface area contributed by atoms with E-state index in [0.29, 0.717) is 11.1 Å². The van der Waals surface area contributed by atoms with Gasteiger partial charge in [-0.15, -0.1) is 0 Å². The van der Waals surface area contributed by atoms with Crippen LogP contribution in [0.3, 0.4) is 0 Å². The van der Waals surface area contributed by atoms with Gasteiger partial charge in [0.2, 0.25) is 0 Å². The smallest absolute Gasteiger partial charge is 0.261 e. The Balaban J connectivity index is -0.000000314. The van der Waals surface area contributed by atoms with Crippen molar-refractivity contribution in [1.82, 2.24) is 4.90 Å². The molecule has 0 bridgehead atoms. The van der Waals surface area contributed by atoms with Crippen molar-refractivity contribution in [2.45, 2.75) is 55.4 Å². The van der Waals surface area contributed by atoms with Crippen LogP contribution in [0.15, 0.2) is 24.3 Å². The number of hydrogen-bond donors (Lipinski definition) is 0. The van der Waals surface area contributed by atoms with Crippen LogP contribution < -0.4 is 0 Å². The predicted molar refractivity (Wildman–Crippen MR) is 88.3 cm³/mol. The van der Waals surface area contributed by atoms with Crippen LogP contribution in [0.5, 0.6) is 0 Å². The van der Waals surface area contributed by atoms with Crippen molar-refractivity contribution >= 4 is 11.8 Å². The molecule has 3 heteroatoms. The molecule has 1 aromatic rings. The van der Waals surface area contributed by atoms with E-state index in [9.17, 15) is 9.59 Å². The topological polar surface area (TPSA) is 37.4 Å². The van der Waals surface area contributed by atoms with Crippen LogP contribution in [0.1, 0.15) is 76.1 Å². The van der Waals surface area contributed by atoms with Crippen molar-refractivity contribution in [3.05, 3.63) is 35.4 Å². The van der Waals surface area contributed by atoms with Crippen molar-refractivity contribution in [2.75, 3.05) is 7.05 Å². The van der Waals surface area contributed by atoms with Crippen molar-refractivity contribution < 1.29 is 9.59 Å². The fraction of sp³-hybridized carbons (Fsp3) is 0.529. The quantitative estimate of drug-likeness (QED) is 0.626. The summed E-state index contributed by atoms with van der Waals surface area (Å²) in [6.45, 7) is 16.0. The number of rotatable bonds is 0. The average molecular weight is 281 g/mol. The number of imide groups is 1. The lowest BCUT2D eigenvalue weighted by molar-refractivity contribution is 0.0693. The van der Waals surface area contributed by atoms with Crippen LogP contribution in [-0.4, -0.2) is 23.8 Å². The molecule has 1 aliphatic heterocycles. The Bertz CT molecular complexity index is 338. The molecule has 1 aromatic carbocycles. The molecule has 0 saturated carbocycles. The minimum absolute atomic E-state index is 0.212. The van der Waals surface area contributed by atoms with Gasteiger partial charge in [-0.3, -0.25) is 14.5 Å². The molecule has 0 spiro atoms. The molecule has 1 aliphatic rings. The maximum absolute atomic E-state index is 11.3. The van der Waals surface area contributed by atoms with Gasteiger partial charge >= 0.3 is 0 Å². The summed E-state index contributed by atoms with van der Waals surface area (Å²) in [5.41, 5.74) is 1.01. The fourth-order valence-electron chi connectivity index (χ4n) is 1.31.